The highest BCUT2D eigenvalue weighted by atomic mass is 79.9. The molecule has 3 rings (SSSR count). The number of hydrogen-bond acceptors (Lipinski definition) is 7. The van der Waals surface area contributed by atoms with E-state index >= 15 is 0 Å². The predicted octanol–water partition coefficient (Wildman–Crippen LogP) is 5.07. The molecular formula is C23H18Br2ClN3O4. The minimum Gasteiger partial charge on any atom is -0.466 e. The second-order valence-electron chi connectivity index (χ2n) is 6.96. The largest absolute Gasteiger partial charge is 0.466 e. The summed E-state index contributed by atoms with van der Waals surface area (Å²) in [5.74, 6) is -2.61. The number of rotatable bonds is 4. The van der Waals surface area contributed by atoms with Gasteiger partial charge in [-0.1, -0.05) is 41.9 Å². The highest BCUT2D eigenvalue weighted by Gasteiger charge is 2.44. The van der Waals surface area contributed by atoms with Gasteiger partial charge in [-0.3, -0.25) is 4.90 Å². The topological polar surface area (TPSA) is 106 Å². The van der Waals surface area contributed by atoms with Gasteiger partial charge in [-0.15, -0.1) is 0 Å². The Morgan fingerprint density at radius 2 is 1.76 bits per heavy atom. The van der Waals surface area contributed by atoms with Crippen LogP contribution in [-0.2, 0) is 19.1 Å². The predicted molar refractivity (Wildman–Crippen MR) is 131 cm³/mol. The summed E-state index contributed by atoms with van der Waals surface area (Å²) in [4.78, 5) is 27.5. The molecule has 2 aromatic carbocycles. The molecule has 1 aliphatic heterocycles. The van der Waals surface area contributed by atoms with Gasteiger partial charge in [-0.05, 0) is 56.0 Å². The van der Waals surface area contributed by atoms with Crippen molar-refractivity contribution in [2.75, 3.05) is 19.1 Å². The van der Waals surface area contributed by atoms with Gasteiger partial charge in [0.25, 0.3) is 0 Å². The second-order valence-corrected chi connectivity index (χ2v) is 9.02. The summed E-state index contributed by atoms with van der Waals surface area (Å²) in [6, 6.07) is 12.5. The molecule has 0 spiro atoms. The third-order valence-corrected chi connectivity index (χ3v) is 7.18. The van der Waals surface area contributed by atoms with Crippen LogP contribution >= 0.6 is 43.5 Å². The number of carbonyl (C=O) groups is 2. The van der Waals surface area contributed by atoms with Crippen molar-refractivity contribution in [2.45, 2.75) is 12.8 Å². The smallest absolute Gasteiger partial charge is 0.355 e. The van der Waals surface area contributed by atoms with Crippen LogP contribution in [0.1, 0.15) is 17.0 Å². The molecule has 10 heteroatoms. The van der Waals surface area contributed by atoms with Crippen molar-refractivity contribution >= 4 is 61.1 Å². The molecule has 2 aromatic rings. The fraction of sp³-hybridized carbons (Fsp3) is 0.174. The van der Waals surface area contributed by atoms with Crippen molar-refractivity contribution in [1.29, 1.82) is 5.26 Å². The van der Waals surface area contributed by atoms with Gasteiger partial charge >= 0.3 is 11.9 Å². The summed E-state index contributed by atoms with van der Waals surface area (Å²) in [5, 5.41) is 10.6. The molecule has 170 valence electrons. The van der Waals surface area contributed by atoms with Gasteiger partial charge in [0.05, 0.1) is 43.0 Å². The zero-order chi connectivity index (χ0) is 24.4. The highest BCUT2D eigenvalue weighted by molar-refractivity contribution is 9.11. The Kier molecular flexibility index (Phi) is 7.52. The number of carbonyl (C=O) groups excluding carboxylic acids is 2. The third kappa shape index (κ3) is 4.26. The zero-order valence-electron chi connectivity index (χ0n) is 17.8. The number of methoxy groups -OCH3 is 2. The lowest BCUT2D eigenvalue weighted by Gasteiger charge is -2.37. The van der Waals surface area contributed by atoms with Crippen molar-refractivity contribution in [3.63, 3.8) is 0 Å². The number of nitriles is 1. The van der Waals surface area contributed by atoms with Gasteiger partial charge in [0.1, 0.15) is 11.5 Å². The van der Waals surface area contributed by atoms with Gasteiger partial charge in [0.2, 0.25) is 0 Å². The lowest BCUT2D eigenvalue weighted by molar-refractivity contribution is -0.139. The molecule has 0 saturated heterocycles. The van der Waals surface area contributed by atoms with Crippen LogP contribution in [-0.4, -0.2) is 26.2 Å². The fourth-order valence-electron chi connectivity index (χ4n) is 3.63. The monoisotopic (exact) mass is 593 g/mol. The van der Waals surface area contributed by atoms with Gasteiger partial charge in [-0.25, -0.2) is 9.59 Å². The Labute approximate surface area is 212 Å². The summed E-state index contributed by atoms with van der Waals surface area (Å²) in [7, 11) is 2.39. The maximum Gasteiger partial charge on any atom is 0.355 e. The van der Waals surface area contributed by atoms with E-state index in [9.17, 15) is 14.9 Å². The maximum atomic E-state index is 13.1. The van der Waals surface area contributed by atoms with E-state index in [-0.39, 0.29) is 22.7 Å². The van der Waals surface area contributed by atoms with Crippen LogP contribution in [0, 0.1) is 18.3 Å². The molecule has 0 radical (unpaired) electrons. The Balaban J connectivity index is 2.50. The van der Waals surface area contributed by atoms with Gasteiger partial charge < -0.3 is 15.2 Å². The number of halogens is 3. The molecule has 0 saturated carbocycles. The van der Waals surface area contributed by atoms with Crippen molar-refractivity contribution in [3.05, 3.63) is 84.2 Å². The molecule has 0 aliphatic carbocycles. The van der Waals surface area contributed by atoms with Crippen LogP contribution in [0.2, 0.25) is 5.02 Å². The quantitative estimate of drug-likeness (QED) is 0.492. The summed E-state index contributed by atoms with van der Waals surface area (Å²) < 4.78 is 11.0. The molecule has 7 nitrogen and oxygen atoms in total. The summed E-state index contributed by atoms with van der Waals surface area (Å²) in [6.07, 6.45) is 0. The number of anilines is 1. The second kappa shape index (κ2) is 10.00. The van der Waals surface area contributed by atoms with Crippen LogP contribution < -0.4 is 10.6 Å². The summed E-state index contributed by atoms with van der Waals surface area (Å²) >= 11 is 13.3. The van der Waals surface area contributed by atoms with Gasteiger partial charge in [0, 0.05) is 14.0 Å². The van der Waals surface area contributed by atoms with E-state index in [0.717, 1.165) is 0 Å². The molecule has 0 amide bonds. The minimum absolute atomic E-state index is 0.0393. The van der Waals surface area contributed by atoms with Crippen molar-refractivity contribution in [1.82, 2.24) is 0 Å². The van der Waals surface area contributed by atoms with Crippen molar-refractivity contribution in [2.24, 2.45) is 5.73 Å². The van der Waals surface area contributed by atoms with E-state index in [2.05, 4.69) is 37.9 Å². The fourth-order valence-corrected chi connectivity index (χ4v) is 5.55. The van der Waals surface area contributed by atoms with E-state index in [0.29, 0.717) is 30.8 Å². The Hall–Kier alpha value is -2.80. The van der Waals surface area contributed by atoms with Crippen LogP contribution in [0.3, 0.4) is 0 Å². The number of benzene rings is 2. The summed E-state index contributed by atoms with van der Waals surface area (Å²) in [5.41, 5.74) is 7.97. The van der Waals surface area contributed by atoms with Crippen molar-refractivity contribution < 1.29 is 19.1 Å². The third-order valence-electron chi connectivity index (χ3n) is 5.21. The number of nitrogens with two attached hydrogens (primary N) is 1. The van der Waals surface area contributed by atoms with E-state index in [1.807, 2.05) is 0 Å². The average Bonchev–Trinajstić information content (AvgIpc) is 2.82. The number of esters is 2. The number of nitrogens with zero attached hydrogens (tertiary/aromatic N) is 2. The number of allylic oxidation sites excluding steroid dienone is 1. The van der Waals surface area contributed by atoms with E-state index in [1.54, 1.807) is 43.3 Å². The first kappa shape index (κ1) is 24.8. The van der Waals surface area contributed by atoms with Gasteiger partial charge in [-0.2, -0.15) is 5.26 Å². The highest BCUT2D eigenvalue weighted by Crippen LogP contribution is 2.48. The average molecular weight is 596 g/mol. The van der Waals surface area contributed by atoms with Crippen LogP contribution in [0.15, 0.2) is 68.0 Å². The van der Waals surface area contributed by atoms with Crippen LogP contribution in [0.4, 0.5) is 5.69 Å². The van der Waals surface area contributed by atoms with Gasteiger partial charge in [0.15, 0.2) is 0 Å². The molecule has 1 aliphatic rings. The first-order valence-electron chi connectivity index (χ1n) is 9.49. The number of hydrogen-bond donors (Lipinski definition) is 1. The Bertz CT molecular complexity index is 1250. The molecule has 1 atom stereocenters. The standard InChI is InChI=1S/C23H18Br2ClN3O4/c1-11-15(26)9-14(24)19(18(11)25)29-20(23(31)33-3)17(22(30)32-2)16(13(10-27)21(29)28)12-7-5-4-6-8-12/h4-9,16H,28H2,1-3H3. The molecule has 0 fully saturated rings. The SMILES string of the molecule is COC(=O)C1=C(C(=O)OC)N(c2c(Br)cc(Cl)c(C)c2Br)C(N)=C(C#N)C1c1ccccc1. The molecule has 0 bridgehead atoms. The Morgan fingerprint density at radius 1 is 1.15 bits per heavy atom. The van der Waals surface area contributed by atoms with E-state index in [4.69, 9.17) is 26.8 Å². The Morgan fingerprint density at radius 3 is 2.30 bits per heavy atom. The lowest BCUT2D eigenvalue weighted by atomic mass is 9.81. The molecular weight excluding hydrogens is 578 g/mol. The van der Waals surface area contributed by atoms with Crippen LogP contribution in [0.25, 0.3) is 0 Å². The summed E-state index contributed by atoms with van der Waals surface area (Å²) in [6.45, 7) is 1.77. The maximum absolute atomic E-state index is 13.1. The first-order valence-corrected chi connectivity index (χ1v) is 11.5. The molecule has 2 N–H and O–H groups in total. The van der Waals surface area contributed by atoms with Crippen LogP contribution in [0.5, 0.6) is 0 Å². The first-order chi connectivity index (χ1) is 15.7. The molecule has 0 aromatic heterocycles. The van der Waals surface area contributed by atoms with E-state index < -0.39 is 17.9 Å². The van der Waals surface area contributed by atoms with E-state index in [1.165, 1.54) is 19.1 Å². The minimum atomic E-state index is -0.944. The molecule has 1 heterocycles. The van der Waals surface area contributed by atoms with Crippen molar-refractivity contribution in [3.8, 4) is 6.07 Å². The lowest BCUT2D eigenvalue weighted by Crippen LogP contribution is -2.41. The molecule has 33 heavy (non-hydrogen) atoms. The normalized spacial score (nSPS) is 15.9. The zero-order valence-corrected chi connectivity index (χ0v) is 21.7. The number of ether oxygens (including phenoxy) is 2. The molecule has 1 unspecified atom stereocenters.